The Morgan fingerprint density at radius 2 is 0.925 bits per heavy atom. The second-order valence-electron chi connectivity index (χ2n) is 34.3. The Labute approximate surface area is 615 Å². The third-order valence-corrected chi connectivity index (χ3v) is 28.9. The van der Waals surface area contributed by atoms with E-state index in [0.29, 0.717) is 11.1 Å². The van der Waals surface area contributed by atoms with Crippen LogP contribution in [0.25, 0.3) is 0 Å². The highest BCUT2D eigenvalue weighted by molar-refractivity contribution is 6.26. The van der Waals surface area contributed by atoms with Crippen LogP contribution in [0.15, 0.2) is 68.7 Å². The van der Waals surface area contributed by atoms with Crippen LogP contribution in [0.4, 0.5) is 0 Å². The molecule has 26 unspecified atom stereocenters. The lowest BCUT2D eigenvalue weighted by molar-refractivity contribution is -0.478. The van der Waals surface area contributed by atoms with Crippen molar-refractivity contribution in [3.8, 4) is 0 Å². The van der Waals surface area contributed by atoms with Crippen molar-refractivity contribution >= 4 is 65.3 Å². The van der Waals surface area contributed by atoms with Gasteiger partial charge in [0.05, 0.1) is 50.4 Å². The van der Waals surface area contributed by atoms with Gasteiger partial charge in [0.2, 0.25) is 0 Å². The van der Waals surface area contributed by atoms with Gasteiger partial charge < -0.3 is 95.2 Å². The van der Waals surface area contributed by atoms with E-state index in [9.17, 15) is 53.7 Å². The van der Waals surface area contributed by atoms with Crippen molar-refractivity contribution in [1.82, 2.24) is 0 Å². The maximum Gasteiger partial charge on any atom is 0.338 e. The number of esters is 9. The molecule has 0 aromatic carbocycles. The highest BCUT2D eigenvalue weighted by Crippen LogP contribution is 2.93. The van der Waals surface area contributed by atoms with Gasteiger partial charge in [-0.2, -0.15) is 0 Å². The van der Waals surface area contributed by atoms with Gasteiger partial charge in [0.1, 0.15) is 64.2 Å². The van der Waals surface area contributed by atoms with Crippen LogP contribution in [0.3, 0.4) is 0 Å². The molecule has 8 saturated carbocycles. The summed E-state index contributed by atoms with van der Waals surface area (Å²) >= 11 is 5.96. The number of aliphatic hydroxyl groups excluding tert-OH is 1. The summed E-state index contributed by atoms with van der Waals surface area (Å²) < 4.78 is 107. The van der Waals surface area contributed by atoms with Crippen molar-refractivity contribution in [2.45, 2.75) is 256 Å². The number of rotatable bonds is 16. The molecule has 16 rings (SSSR count). The van der Waals surface area contributed by atoms with Crippen LogP contribution in [-0.2, 0) is 114 Å². The van der Waals surface area contributed by atoms with Crippen molar-refractivity contribution in [3.63, 3.8) is 0 Å². The molecular weight excluding hydrogens is 1410 g/mol. The molecule has 6 saturated heterocycles. The van der Waals surface area contributed by atoms with E-state index in [1.807, 2.05) is 41.5 Å². The molecule has 578 valence electrons. The first-order valence-electron chi connectivity index (χ1n) is 36.2. The number of halogens is 1. The highest BCUT2D eigenvalue weighted by Gasteiger charge is 3.07. The Kier molecular flexibility index (Phi) is 15.9. The molecular formula is C76H93ClO29. The van der Waals surface area contributed by atoms with Crippen molar-refractivity contribution in [3.05, 3.63) is 71.0 Å². The standard InChI is InChI=1S/C39H47ClO15.C37H46O14/c1-18(2)26(51-24(44)15-40)25-27-32(5,28(49-19(3)41)21-10-13-48-16-21)11-12-36-34(7)22(14-23(43)47-9)33(6)17-37(34)38(46,30(33)50-20(4)42)31(52-29(25)45)39(27,36)55-35(8,53-36)54-37;1-17(2)24(41)23-25-30(5,26(46-18(3)38)20-10-13-45-15-20)11-12-34-32(7)21(14-22(40)44-9)31(6)16-35(32)36(43,28(31)47-19(4)39)29(48-27(23)42)37(25,34)51-33(8,49-34)50-35/h10,13,16,18,22,27-28,30-31,46H,11-12,14-15,17H2,1-9H3;10,13,15,17,21,25-26,28-29,41,43H,11-12,14,16H2,1-9H3/b26-25-;24-23-. The molecule has 3 N–H and O–H groups in total. The van der Waals surface area contributed by atoms with Crippen LogP contribution in [-0.4, -0.2) is 170 Å². The van der Waals surface area contributed by atoms with Gasteiger partial charge >= 0.3 is 53.7 Å². The average Bonchev–Trinajstić information content (AvgIpc) is 1.40. The van der Waals surface area contributed by atoms with E-state index >= 15 is 4.79 Å². The number of furan rings is 2. The smallest absolute Gasteiger partial charge is 0.338 e. The van der Waals surface area contributed by atoms with Gasteiger partial charge in [-0.1, -0.05) is 69.2 Å². The third kappa shape index (κ3) is 8.17. The molecule has 6 aliphatic heterocycles. The molecule has 8 bridgehead atoms. The summed E-state index contributed by atoms with van der Waals surface area (Å²) in [6.45, 7) is 26.2. The summed E-state index contributed by atoms with van der Waals surface area (Å²) in [5.41, 5.74) is -21.4. The maximum atomic E-state index is 15.1. The number of hydrogen-bond donors (Lipinski definition) is 3. The van der Waals surface area contributed by atoms with Gasteiger partial charge in [0, 0.05) is 122 Å². The predicted octanol–water partition coefficient (Wildman–Crippen LogP) is 8.12. The second kappa shape index (κ2) is 22.6. The molecule has 14 fully saturated rings. The molecule has 0 radical (unpaired) electrons. The Bertz CT molecular complexity index is 4240. The fourth-order valence-corrected chi connectivity index (χ4v) is 26.2. The molecule has 2 aromatic heterocycles. The highest BCUT2D eigenvalue weighted by atomic mass is 35.5. The van der Waals surface area contributed by atoms with Crippen LogP contribution in [0.2, 0.25) is 0 Å². The minimum absolute atomic E-state index is 0.0665. The normalized spacial score (nSPS) is 48.2. The summed E-state index contributed by atoms with van der Waals surface area (Å²) in [5, 5.41) is 39.5. The van der Waals surface area contributed by atoms with Crippen LogP contribution >= 0.6 is 11.6 Å². The molecule has 26 atom stereocenters. The molecule has 8 heterocycles. The molecule has 106 heavy (non-hydrogen) atoms. The molecule has 8 aliphatic carbocycles. The zero-order chi connectivity index (χ0) is 77.2. The molecule has 0 amide bonds. The molecule has 29 nitrogen and oxygen atoms in total. The quantitative estimate of drug-likeness (QED) is 0.0469. The van der Waals surface area contributed by atoms with E-state index in [4.69, 9.17) is 91.5 Å². The number of fused-ring (bicyclic) bond motifs is 6. The number of carbonyl (C=O) groups is 9. The van der Waals surface area contributed by atoms with E-state index in [-0.39, 0.29) is 74.0 Å². The van der Waals surface area contributed by atoms with Gasteiger partial charge in [-0.3, -0.25) is 33.6 Å². The Balaban J connectivity index is 0.000000170. The lowest BCUT2D eigenvalue weighted by Gasteiger charge is -2.77. The summed E-state index contributed by atoms with van der Waals surface area (Å²) in [6, 6.07) is 3.31. The number of allylic oxidation sites excluding steroid dienone is 2. The minimum atomic E-state index is -2.31. The van der Waals surface area contributed by atoms with Crippen LogP contribution < -0.4 is 0 Å². The summed E-state index contributed by atoms with van der Waals surface area (Å²) in [6.07, 6.45) is -1.71. The number of methoxy groups -OCH3 is 2. The number of hydrogen-bond acceptors (Lipinski definition) is 29. The van der Waals surface area contributed by atoms with Gasteiger partial charge in [-0.25, -0.2) is 9.59 Å². The van der Waals surface area contributed by atoms with Gasteiger partial charge in [-0.15, -0.1) is 11.6 Å². The SMILES string of the molecule is COC(=O)CC1C2(C)CC34OC5(C)OC67C(/C(=C(/O)C(C)C)C(=O)OC6C3(O)C2OC(C)=O)C(C)(C(OC(C)=O)c2ccoc2)CCC7(O5)C14C.COC(=O)CC1C2(C)CC34OC5(C)OC67C(/C(=C(/OC(=O)CCl)C(C)C)C(=O)OC6C3(O)C2OC(C)=O)C(C)(C(OC(C)=O)c2ccoc2)CCC7(O5)C14C. The van der Waals surface area contributed by atoms with Crippen LogP contribution in [0.5, 0.6) is 0 Å². The number of alkyl halides is 1. The van der Waals surface area contributed by atoms with E-state index in [1.54, 1.807) is 53.7 Å². The van der Waals surface area contributed by atoms with E-state index in [0.717, 1.165) is 0 Å². The lowest BCUT2D eigenvalue weighted by Crippen LogP contribution is -2.94. The first-order valence-corrected chi connectivity index (χ1v) is 36.7. The number of carbonyl (C=O) groups excluding carboxylic acids is 9. The fraction of sp³-hybridized carbons (Fsp3) is 0.724. The summed E-state index contributed by atoms with van der Waals surface area (Å²) in [7, 11) is 2.57. The average molecular weight is 1510 g/mol. The topological polar surface area (TPSA) is 379 Å². The first kappa shape index (κ1) is 74.5. The van der Waals surface area contributed by atoms with Crippen LogP contribution in [0, 0.1) is 68.0 Å². The van der Waals surface area contributed by atoms with Crippen LogP contribution in [0.1, 0.15) is 185 Å². The molecule has 6 spiro atoms. The predicted molar refractivity (Wildman–Crippen MR) is 354 cm³/mol. The lowest BCUT2D eigenvalue weighted by atomic mass is 9.33. The van der Waals surface area contributed by atoms with E-state index in [1.165, 1.54) is 67.0 Å². The van der Waals surface area contributed by atoms with Crippen molar-refractivity contribution in [1.29, 1.82) is 0 Å². The maximum absolute atomic E-state index is 15.1. The second-order valence-corrected chi connectivity index (χ2v) is 34.6. The summed E-state index contributed by atoms with van der Waals surface area (Å²) in [5.74, 6) is -16.1. The summed E-state index contributed by atoms with van der Waals surface area (Å²) in [4.78, 5) is 121. The third-order valence-electron chi connectivity index (χ3n) is 28.7. The first-order chi connectivity index (χ1) is 49.3. The van der Waals surface area contributed by atoms with Crippen molar-refractivity contribution in [2.75, 3.05) is 20.1 Å². The minimum Gasteiger partial charge on any atom is -0.511 e. The monoisotopic (exact) mass is 1500 g/mol. The van der Waals surface area contributed by atoms with Crippen molar-refractivity contribution in [2.24, 2.45) is 68.0 Å². The van der Waals surface area contributed by atoms with E-state index < -0.39 is 221 Å². The van der Waals surface area contributed by atoms with Crippen molar-refractivity contribution < 1.29 is 138 Å². The van der Waals surface area contributed by atoms with Gasteiger partial charge in [-0.05, 0) is 62.5 Å². The van der Waals surface area contributed by atoms with E-state index in [2.05, 4.69) is 0 Å². The largest absolute Gasteiger partial charge is 0.511 e. The zero-order valence-corrected chi connectivity index (χ0v) is 63.3. The number of ether oxygens (including phenoxy) is 15. The molecule has 30 heteroatoms. The Morgan fingerprint density at radius 1 is 0.538 bits per heavy atom. The van der Waals surface area contributed by atoms with Gasteiger partial charge in [0.25, 0.3) is 11.9 Å². The molecule has 14 aliphatic rings. The number of aliphatic hydroxyl groups is 3. The van der Waals surface area contributed by atoms with Gasteiger partial charge in [0.15, 0.2) is 34.6 Å². The zero-order valence-electron chi connectivity index (χ0n) is 62.6. The Morgan fingerprint density at radius 3 is 1.26 bits per heavy atom. The molecule has 2 aromatic rings. The Hall–Kier alpha value is -6.96. The fourth-order valence-electron chi connectivity index (χ4n) is 26.1.